The van der Waals surface area contributed by atoms with Gasteiger partial charge in [0.05, 0.1) is 19.3 Å². The van der Waals surface area contributed by atoms with Crippen molar-refractivity contribution in [2.45, 2.75) is 6.54 Å². The van der Waals surface area contributed by atoms with Crippen LogP contribution in [0, 0.1) is 10.6 Å². The fraction of sp³-hybridized carbons (Fsp3) is 0.300. The van der Waals surface area contributed by atoms with E-state index in [-0.39, 0.29) is 0 Å². The minimum Gasteiger partial charge on any atom is -0.383 e. The van der Waals surface area contributed by atoms with E-state index in [4.69, 9.17) is 17.0 Å². The molecule has 0 aromatic carbocycles. The number of H-pyrrole nitrogens is 1. The topological polar surface area (TPSA) is 55.7 Å². The largest absolute Gasteiger partial charge is 0.383 e. The Morgan fingerprint density at radius 1 is 1.53 bits per heavy atom. The molecule has 0 fully saturated rings. The van der Waals surface area contributed by atoms with Crippen molar-refractivity contribution in [3.05, 3.63) is 29.0 Å². The fourth-order valence-corrected chi connectivity index (χ4v) is 1.69. The third kappa shape index (κ3) is 2.56. The van der Waals surface area contributed by atoms with Crippen LogP contribution in [-0.2, 0) is 11.3 Å². The van der Waals surface area contributed by atoms with Gasteiger partial charge >= 0.3 is 0 Å². The lowest BCUT2D eigenvalue weighted by atomic mass is 10.2. The summed E-state index contributed by atoms with van der Waals surface area (Å²) in [5.41, 5.74) is 0.577. The predicted molar refractivity (Wildman–Crippen MR) is 62.5 cm³/mol. The van der Waals surface area contributed by atoms with Gasteiger partial charge in [0.15, 0.2) is 10.6 Å². The highest BCUT2D eigenvalue weighted by atomic mass is 32.1. The highest BCUT2D eigenvalue weighted by molar-refractivity contribution is 7.71. The lowest BCUT2D eigenvalue weighted by Gasteiger charge is -2.05. The molecule has 0 saturated carbocycles. The summed E-state index contributed by atoms with van der Waals surface area (Å²) in [6, 6.07) is 1.36. The molecule has 0 amide bonds. The summed E-state index contributed by atoms with van der Waals surface area (Å²) >= 11 is 5.09. The standard InChI is InChI=1S/C10H11FN4OS/c1-16-3-2-15-9(13-14-10(15)17)7-4-8(11)6-12-5-7/h4-6H,2-3H2,1H3,(H,14,17). The average Bonchev–Trinajstić information content (AvgIpc) is 2.68. The van der Waals surface area contributed by atoms with Crippen LogP contribution in [0.1, 0.15) is 0 Å². The molecule has 0 aliphatic heterocycles. The Kier molecular flexibility index (Phi) is 3.60. The van der Waals surface area contributed by atoms with Crippen molar-refractivity contribution in [3.63, 3.8) is 0 Å². The highest BCUT2D eigenvalue weighted by Crippen LogP contribution is 2.16. The summed E-state index contributed by atoms with van der Waals surface area (Å²) in [4.78, 5) is 3.78. The van der Waals surface area contributed by atoms with Gasteiger partial charge in [-0.3, -0.25) is 14.6 Å². The van der Waals surface area contributed by atoms with Crippen LogP contribution in [0.3, 0.4) is 0 Å². The van der Waals surface area contributed by atoms with Crippen LogP contribution in [-0.4, -0.2) is 33.5 Å². The molecule has 2 aromatic heterocycles. The van der Waals surface area contributed by atoms with Crippen molar-refractivity contribution in [1.29, 1.82) is 0 Å². The minimum absolute atomic E-state index is 0.408. The number of methoxy groups -OCH3 is 1. The van der Waals surface area contributed by atoms with E-state index < -0.39 is 5.82 Å². The Balaban J connectivity index is 2.42. The number of aromatic nitrogens is 4. The summed E-state index contributed by atoms with van der Waals surface area (Å²) in [5.74, 6) is 0.147. The fourth-order valence-electron chi connectivity index (χ4n) is 1.46. The number of ether oxygens (including phenoxy) is 1. The lowest BCUT2D eigenvalue weighted by molar-refractivity contribution is 0.187. The normalized spacial score (nSPS) is 10.7. The van der Waals surface area contributed by atoms with Gasteiger partial charge in [0.25, 0.3) is 0 Å². The molecule has 2 rings (SSSR count). The van der Waals surface area contributed by atoms with E-state index in [1.54, 1.807) is 11.7 Å². The smallest absolute Gasteiger partial charge is 0.195 e. The minimum atomic E-state index is -0.408. The van der Waals surface area contributed by atoms with E-state index in [1.807, 2.05) is 0 Å². The maximum absolute atomic E-state index is 13.1. The van der Waals surface area contributed by atoms with E-state index in [1.165, 1.54) is 12.3 Å². The molecule has 0 spiro atoms. The van der Waals surface area contributed by atoms with Crippen molar-refractivity contribution < 1.29 is 9.13 Å². The Bertz CT molecular complexity index is 565. The van der Waals surface area contributed by atoms with E-state index >= 15 is 0 Å². The predicted octanol–water partition coefficient (Wildman–Crippen LogP) is 1.79. The van der Waals surface area contributed by atoms with Gasteiger partial charge in [-0.25, -0.2) is 4.39 Å². The first-order chi connectivity index (χ1) is 8.22. The van der Waals surface area contributed by atoms with E-state index in [2.05, 4.69) is 15.2 Å². The number of rotatable bonds is 4. The van der Waals surface area contributed by atoms with Crippen LogP contribution >= 0.6 is 12.2 Å². The van der Waals surface area contributed by atoms with E-state index in [0.29, 0.717) is 29.3 Å². The molecule has 17 heavy (non-hydrogen) atoms. The first-order valence-electron chi connectivity index (χ1n) is 4.97. The monoisotopic (exact) mass is 254 g/mol. The van der Waals surface area contributed by atoms with E-state index in [9.17, 15) is 4.39 Å². The molecule has 0 saturated heterocycles. The molecular formula is C10H11FN4OS. The zero-order valence-electron chi connectivity index (χ0n) is 9.18. The van der Waals surface area contributed by atoms with Gasteiger partial charge in [0.1, 0.15) is 5.82 Å². The van der Waals surface area contributed by atoms with Crippen molar-refractivity contribution >= 4 is 12.2 Å². The second-order valence-electron chi connectivity index (χ2n) is 3.39. The Morgan fingerprint density at radius 2 is 2.35 bits per heavy atom. The number of pyridine rings is 1. The van der Waals surface area contributed by atoms with Crippen molar-refractivity contribution in [2.75, 3.05) is 13.7 Å². The van der Waals surface area contributed by atoms with Crippen LogP contribution in [0.4, 0.5) is 4.39 Å². The number of halogens is 1. The summed E-state index contributed by atoms with van der Waals surface area (Å²) in [6.45, 7) is 1.06. The van der Waals surface area contributed by atoms with Gasteiger partial charge in [-0.05, 0) is 18.3 Å². The van der Waals surface area contributed by atoms with Crippen LogP contribution in [0.5, 0.6) is 0 Å². The van der Waals surface area contributed by atoms with E-state index in [0.717, 1.165) is 6.20 Å². The van der Waals surface area contributed by atoms with Crippen molar-refractivity contribution in [2.24, 2.45) is 0 Å². The van der Waals surface area contributed by atoms with Crippen molar-refractivity contribution in [3.8, 4) is 11.4 Å². The molecule has 7 heteroatoms. The second-order valence-corrected chi connectivity index (χ2v) is 3.78. The number of hydrogen-bond acceptors (Lipinski definition) is 4. The van der Waals surface area contributed by atoms with Crippen LogP contribution in [0.15, 0.2) is 18.5 Å². The molecule has 2 heterocycles. The zero-order valence-corrected chi connectivity index (χ0v) is 10.00. The average molecular weight is 254 g/mol. The third-order valence-corrected chi connectivity index (χ3v) is 2.55. The molecule has 0 radical (unpaired) electrons. The maximum Gasteiger partial charge on any atom is 0.195 e. The molecular weight excluding hydrogens is 243 g/mol. The molecule has 0 unspecified atom stereocenters. The maximum atomic E-state index is 13.1. The lowest BCUT2D eigenvalue weighted by Crippen LogP contribution is -2.06. The Hall–Kier alpha value is -1.60. The Labute approximate surface area is 102 Å². The van der Waals surface area contributed by atoms with Gasteiger partial charge in [-0.2, -0.15) is 5.10 Å². The molecule has 0 aliphatic carbocycles. The van der Waals surface area contributed by atoms with Crippen LogP contribution in [0.2, 0.25) is 0 Å². The summed E-state index contributed by atoms with van der Waals surface area (Å²) in [5, 5.41) is 6.74. The SMILES string of the molecule is COCCn1c(-c2cncc(F)c2)n[nH]c1=S. The van der Waals surface area contributed by atoms with Crippen molar-refractivity contribution in [1.82, 2.24) is 19.7 Å². The van der Waals surface area contributed by atoms with Crippen LogP contribution < -0.4 is 0 Å². The molecule has 0 aliphatic rings. The Morgan fingerprint density at radius 3 is 3.06 bits per heavy atom. The summed E-state index contributed by atoms with van der Waals surface area (Å²) < 4.78 is 20.3. The number of aromatic amines is 1. The van der Waals surface area contributed by atoms with Gasteiger partial charge < -0.3 is 4.74 Å². The second kappa shape index (κ2) is 5.15. The first-order valence-corrected chi connectivity index (χ1v) is 5.38. The quantitative estimate of drug-likeness (QED) is 0.845. The molecule has 5 nitrogen and oxygen atoms in total. The zero-order chi connectivity index (χ0) is 12.3. The van der Waals surface area contributed by atoms with Gasteiger partial charge in [0, 0.05) is 18.9 Å². The molecule has 0 atom stereocenters. The number of hydrogen-bond donors (Lipinski definition) is 1. The highest BCUT2D eigenvalue weighted by Gasteiger charge is 2.09. The molecule has 90 valence electrons. The first kappa shape index (κ1) is 11.9. The molecule has 1 N–H and O–H groups in total. The van der Waals surface area contributed by atoms with Crippen LogP contribution in [0.25, 0.3) is 11.4 Å². The van der Waals surface area contributed by atoms with Gasteiger partial charge in [0.2, 0.25) is 0 Å². The number of nitrogens with one attached hydrogen (secondary N) is 1. The summed E-state index contributed by atoms with van der Waals surface area (Å²) in [6.07, 6.45) is 2.68. The van der Waals surface area contributed by atoms with Gasteiger partial charge in [-0.1, -0.05) is 0 Å². The molecule has 2 aromatic rings. The third-order valence-electron chi connectivity index (χ3n) is 2.24. The van der Waals surface area contributed by atoms with Gasteiger partial charge in [-0.15, -0.1) is 0 Å². The molecule has 0 bridgehead atoms. The summed E-state index contributed by atoms with van der Waals surface area (Å²) in [7, 11) is 1.60. The number of nitrogens with zero attached hydrogens (tertiary/aromatic N) is 3.